The molecule has 0 saturated carbocycles. The Morgan fingerprint density at radius 3 is 2.52 bits per heavy atom. The monoisotopic (exact) mass is 469 g/mol. The first-order valence-electron chi connectivity index (χ1n) is 8.65. The van der Waals surface area contributed by atoms with Crippen LogP contribution in [0.3, 0.4) is 0 Å². The third-order valence-corrected chi connectivity index (χ3v) is 6.17. The second-order valence-corrected chi connectivity index (χ2v) is 8.87. The molecule has 1 amide bonds. The van der Waals surface area contributed by atoms with E-state index in [1.165, 1.54) is 16.4 Å². The van der Waals surface area contributed by atoms with Crippen molar-refractivity contribution in [2.75, 3.05) is 5.84 Å². The van der Waals surface area contributed by atoms with Gasteiger partial charge in [0.25, 0.3) is 0 Å². The van der Waals surface area contributed by atoms with Gasteiger partial charge in [-0.3, -0.25) is 4.79 Å². The number of carbonyl (C=O) groups is 1. The molecule has 0 saturated heterocycles. The van der Waals surface area contributed by atoms with Crippen LogP contribution >= 0.6 is 46.6 Å². The van der Waals surface area contributed by atoms with Crippen molar-refractivity contribution in [3.05, 3.63) is 63.1 Å². The van der Waals surface area contributed by atoms with E-state index >= 15 is 0 Å². The van der Waals surface area contributed by atoms with E-state index in [1.54, 1.807) is 37.3 Å². The number of benzene rings is 2. The molecule has 6 nitrogen and oxygen atoms in total. The third kappa shape index (κ3) is 4.98. The molecule has 152 valence electrons. The SMILES string of the molecule is C[C@H](NC(=O)[C@@H](C)Sc1nnc(-c2ccccc2Cl)n1N)c1ccc(Cl)cc1Cl. The van der Waals surface area contributed by atoms with Crippen LogP contribution in [-0.2, 0) is 4.79 Å². The molecule has 0 radical (unpaired) electrons. The Morgan fingerprint density at radius 1 is 1.10 bits per heavy atom. The fraction of sp³-hybridized carbons (Fsp3) is 0.211. The number of thioether (sulfide) groups is 1. The predicted molar refractivity (Wildman–Crippen MR) is 119 cm³/mol. The lowest BCUT2D eigenvalue weighted by atomic mass is 10.1. The molecule has 2 atom stereocenters. The molecule has 2 aromatic carbocycles. The minimum absolute atomic E-state index is 0.184. The predicted octanol–water partition coefficient (Wildman–Crippen LogP) is 4.98. The summed E-state index contributed by atoms with van der Waals surface area (Å²) in [6.45, 7) is 3.62. The number of halogens is 3. The maximum Gasteiger partial charge on any atom is 0.233 e. The average molecular weight is 471 g/mol. The van der Waals surface area contributed by atoms with E-state index in [0.29, 0.717) is 31.6 Å². The van der Waals surface area contributed by atoms with Crippen molar-refractivity contribution >= 4 is 52.5 Å². The van der Waals surface area contributed by atoms with Crippen molar-refractivity contribution in [1.29, 1.82) is 0 Å². The van der Waals surface area contributed by atoms with Gasteiger partial charge in [-0.1, -0.05) is 64.8 Å². The molecular weight excluding hydrogens is 453 g/mol. The molecule has 0 unspecified atom stereocenters. The average Bonchev–Trinajstić information content (AvgIpc) is 3.02. The zero-order chi connectivity index (χ0) is 21.1. The number of nitrogens with one attached hydrogen (secondary N) is 1. The van der Waals surface area contributed by atoms with E-state index in [0.717, 1.165) is 5.56 Å². The molecule has 3 aromatic rings. The number of rotatable bonds is 6. The number of nitrogens with zero attached hydrogens (tertiary/aromatic N) is 3. The topological polar surface area (TPSA) is 85.8 Å². The van der Waals surface area contributed by atoms with E-state index in [1.807, 2.05) is 19.1 Å². The standard InChI is InChI=1S/C19H18Cl3N5OS/c1-10(13-8-7-12(20)9-16(13)22)24-18(28)11(2)29-19-26-25-17(27(19)23)14-5-3-4-6-15(14)21/h3-11H,23H2,1-2H3,(H,24,28)/t10-,11+/m0/s1. The van der Waals surface area contributed by atoms with Crippen molar-refractivity contribution in [1.82, 2.24) is 20.2 Å². The smallest absolute Gasteiger partial charge is 0.233 e. The molecule has 0 aliphatic carbocycles. The summed E-state index contributed by atoms with van der Waals surface area (Å²) in [5, 5.41) is 12.6. The molecule has 1 heterocycles. The van der Waals surface area contributed by atoms with Crippen LogP contribution in [0.4, 0.5) is 0 Å². The van der Waals surface area contributed by atoms with Gasteiger partial charge in [0, 0.05) is 15.6 Å². The lowest BCUT2D eigenvalue weighted by Gasteiger charge is -2.18. The maximum absolute atomic E-state index is 12.6. The summed E-state index contributed by atoms with van der Waals surface area (Å²) in [5.41, 5.74) is 1.45. The number of carbonyl (C=O) groups excluding carboxylic acids is 1. The summed E-state index contributed by atoms with van der Waals surface area (Å²) >= 11 is 19.6. The fourth-order valence-electron chi connectivity index (χ4n) is 2.66. The molecule has 29 heavy (non-hydrogen) atoms. The number of amides is 1. The van der Waals surface area contributed by atoms with Gasteiger partial charge in [-0.2, -0.15) is 0 Å². The number of nitrogens with two attached hydrogens (primary N) is 1. The molecule has 0 aliphatic rings. The molecule has 0 aliphatic heterocycles. The highest BCUT2D eigenvalue weighted by Gasteiger charge is 2.22. The van der Waals surface area contributed by atoms with Gasteiger partial charge in [-0.05, 0) is 43.7 Å². The van der Waals surface area contributed by atoms with E-state index < -0.39 is 5.25 Å². The van der Waals surface area contributed by atoms with Crippen LogP contribution in [0.2, 0.25) is 15.1 Å². The first kappa shape index (κ1) is 21.8. The van der Waals surface area contributed by atoms with Gasteiger partial charge in [-0.25, -0.2) is 4.68 Å². The van der Waals surface area contributed by atoms with Gasteiger partial charge in [0.15, 0.2) is 5.82 Å². The van der Waals surface area contributed by atoms with Crippen LogP contribution < -0.4 is 11.2 Å². The lowest BCUT2D eigenvalue weighted by Crippen LogP contribution is -2.33. The minimum atomic E-state index is -0.464. The molecule has 3 N–H and O–H groups in total. The van der Waals surface area contributed by atoms with Crippen LogP contribution in [0.1, 0.15) is 25.5 Å². The normalized spacial score (nSPS) is 13.1. The highest BCUT2D eigenvalue weighted by molar-refractivity contribution is 8.00. The van der Waals surface area contributed by atoms with Crippen LogP contribution in [0.5, 0.6) is 0 Å². The van der Waals surface area contributed by atoms with Crippen molar-refractivity contribution in [2.45, 2.75) is 30.3 Å². The summed E-state index contributed by atoms with van der Waals surface area (Å²) < 4.78 is 1.33. The molecule has 0 fully saturated rings. The fourth-order valence-corrected chi connectivity index (χ4v) is 4.23. The quantitative estimate of drug-likeness (QED) is 0.392. The Balaban J connectivity index is 1.69. The van der Waals surface area contributed by atoms with E-state index in [2.05, 4.69) is 15.5 Å². The molecule has 3 rings (SSSR count). The summed E-state index contributed by atoms with van der Waals surface area (Å²) in [5.74, 6) is 6.37. The molecular formula is C19H18Cl3N5OS. The summed E-state index contributed by atoms with van der Waals surface area (Å²) in [6, 6.07) is 12.1. The van der Waals surface area contributed by atoms with Gasteiger partial charge >= 0.3 is 0 Å². The largest absolute Gasteiger partial charge is 0.349 e. The van der Waals surface area contributed by atoms with E-state index in [9.17, 15) is 4.79 Å². The van der Waals surface area contributed by atoms with Gasteiger partial charge in [-0.15, -0.1) is 10.2 Å². The highest BCUT2D eigenvalue weighted by Crippen LogP contribution is 2.30. The van der Waals surface area contributed by atoms with Gasteiger partial charge in [0.1, 0.15) is 0 Å². The minimum Gasteiger partial charge on any atom is -0.349 e. The number of hydrogen-bond acceptors (Lipinski definition) is 5. The van der Waals surface area contributed by atoms with E-state index in [-0.39, 0.29) is 11.9 Å². The zero-order valence-electron chi connectivity index (χ0n) is 15.6. The second-order valence-electron chi connectivity index (χ2n) is 6.31. The Bertz CT molecular complexity index is 1040. The van der Waals surface area contributed by atoms with Crippen molar-refractivity contribution in [2.24, 2.45) is 0 Å². The maximum atomic E-state index is 12.6. The summed E-state index contributed by atoms with van der Waals surface area (Å²) in [4.78, 5) is 12.6. The van der Waals surface area contributed by atoms with Crippen LogP contribution in [-0.4, -0.2) is 26.0 Å². The summed E-state index contributed by atoms with van der Waals surface area (Å²) in [7, 11) is 0. The third-order valence-electron chi connectivity index (χ3n) is 4.22. The zero-order valence-corrected chi connectivity index (χ0v) is 18.6. The second kappa shape index (κ2) is 9.26. The molecule has 0 spiro atoms. The number of aromatic nitrogens is 3. The van der Waals surface area contributed by atoms with E-state index in [4.69, 9.17) is 40.6 Å². The molecule has 1 aromatic heterocycles. The van der Waals surface area contributed by atoms with Gasteiger partial charge < -0.3 is 11.2 Å². The van der Waals surface area contributed by atoms with Crippen LogP contribution in [0, 0.1) is 0 Å². The Hall–Kier alpha value is -1.93. The van der Waals surface area contributed by atoms with Crippen LogP contribution in [0.25, 0.3) is 11.4 Å². The van der Waals surface area contributed by atoms with Crippen molar-refractivity contribution < 1.29 is 4.79 Å². The Kier molecular flexibility index (Phi) is 6.95. The first-order valence-corrected chi connectivity index (χ1v) is 10.7. The Morgan fingerprint density at radius 2 is 1.83 bits per heavy atom. The first-order chi connectivity index (χ1) is 13.8. The lowest BCUT2D eigenvalue weighted by molar-refractivity contribution is -0.120. The van der Waals surface area contributed by atoms with Gasteiger partial charge in [0.05, 0.1) is 16.3 Å². The van der Waals surface area contributed by atoms with Crippen LogP contribution in [0.15, 0.2) is 47.6 Å². The summed E-state index contributed by atoms with van der Waals surface area (Å²) in [6.07, 6.45) is 0. The number of nitrogen functional groups attached to an aromatic ring is 1. The molecule has 0 bridgehead atoms. The number of hydrogen-bond donors (Lipinski definition) is 2. The van der Waals surface area contributed by atoms with Crippen molar-refractivity contribution in [3.8, 4) is 11.4 Å². The highest BCUT2D eigenvalue weighted by atomic mass is 35.5. The van der Waals surface area contributed by atoms with Crippen molar-refractivity contribution in [3.63, 3.8) is 0 Å². The Labute approximate surface area is 187 Å². The molecule has 10 heteroatoms. The van der Waals surface area contributed by atoms with Gasteiger partial charge in [0.2, 0.25) is 11.1 Å².